The Labute approximate surface area is 519 Å². The molecule has 0 saturated carbocycles. The van der Waals surface area contributed by atoms with Crippen LogP contribution in [0.1, 0.15) is 139 Å². The van der Waals surface area contributed by atoms with E-state index in [0.29, 0.717) is 61.9 Å². The Bertz CT molecular complexity index is 4430. The molecule has 5 aliphatic rings. The van der Waals surface area contributed by atoms with Crippen LogP contribution in [0.15, 0.2) is 113 Å². The number of rotatable bonds is 8. The molecule has 5 aromatic carbocycles. The number of anilines is 2. The molecule has 2 atom stereocenters. The number of nitrogen functional groups attached to an aromatic ring is 1. The number of fused-ring (bicyclic) bond motifs is 9. The van der Waals surface area contributed by atoms with Gasteiger partial charge >= 0.3 is 23.9 Å². The molecule has 5 aliphatic heterocycles. The number of cyclic esters (lactones) is 3. The van der Waals surface area contributed by atoms with Crippen LogP contribution in [-0.4, -0.2) is 80.8 Å². The number of nitrogens with one attached hydrogen (secondary N) is 1. The van der Waals surface area contributed by atoms with Gasteiger partial charge in [-0.1, -0.05) is 59.6 Å². The number of aliphatic imine (C=N–C) groups is 2. The molecule has 0 radical (unpaired) electrons. The highest BCUT2D eigenvalue weighted by atomic mass is 35.5. The zero-order valence-corrected chi connectivity index (χ0v) is 50.9. The molecular weight excluding hydrogens is 1210 g/mol. The second kappa shape index (κ2) is 24.6. The number of nitro benzene ring substituents is 1. The lowest BCUT2D eigenvalue weighted by Crippen LogP contribution is -2.17. The zero-order chi connectivity index (χ0) is 62.4. The van der Waals surface area contributed by atoms with E-state index in [1.54, 1.807) is 59.1 Å². The van der Waals surface area contributed by atoms with Gasteiger partial charge in [0.1, 0.15) is 53.6 Å². The summed E-state index contributed by atoms with van der Waals surface area (Å²) in [5, 5.41) is 43.1. The first-order valence-electron chi connectivity index (χ1n) is 27.2. The van der Waals surface area contributed by atoms with Crippen molar-refractivity contribution in [3.63, 3.8) is 0 Å². The fourth-order valence-electron chi connectivity index (χ4n) is 10.4. The summed E-state index contributed by atoms with van der Waals surface area (Å²) in [6.45, 7) is 12.9. The summed E-state index contributed by atoms with van der Waals surface area (Å²) in [5.74, 6) is 0.296. The fourth-order valence-corrected chi connectivity index (χ4v) is 13.0. The molecule has 446 valence electrons. The Morgan fingerprint density at radius 1 is 0.625 bits per heavy atom. The normalized spacial score (nSPS) is 15.3. The number of benzene rings is 5. The fraction of sp³-hybridized carbons (Fsp3) is 0.210. The summed E-state index contributed by atoms with van der Waals surface area (Å²) < 4.78 is 18.5. The minimum atomic E-state index is -0.926. The van der Waals surface area contributed by atoms with Gasteiger partial charge in [0, 0.05) is 82.3 Å². The lowest BCUT2D eigenvalue weighted by atomic mass is 9.99. The number of carboxylic acids is 1. The van der Waals surface area contributed by atoms with Crippen molar-refractivity contribution in [1.82, 2.24) is 29.5 Å². The molecule has 22 nitrogen and oxygen atoms in total. The standard InChI is InChI=1S/C27H22ClN5O3S.C19H17ClN4O2S.C8H5NO4.C8H7NO2/c1-13-14(2)37-26-23(13)24(16-4-7-18(28)8-5-16)30-21(25-32-31-15(3)33(25)26)11-22(34)29-19-9-6-17-12-36-27(35)20(17)10-19;1-9-10(2)27-19-16(9)17(12-4-6-13(20)7-5-12)21-14(8-15(25)26)18-23-22-11(3)24(18)19;10-8-7-3-6(9(11)12)2-1-5(7)4-13-8;9-6-2-1-5-4-11-8(10)7(5)3-6/h4-10,21H,11-12H2,1-3H3,(H,29,34);4-7,14H,8H2,1-3H3,(H,25,26);1-3H,4H2;1-3H,4,9H2/t21-;14-;;/m00../s1. The van der Waals surface area contributed by atoms with Gasteiger partial charge in [-0.15, -0.1) is 43.1 Å². The first-order valence-corrected chi connectivity index (χ1v) is 29.6. The van der Waals surface area contributed by atoms with Crippen molar-refractivity contribution in [2.24, 2.45) is 9.98 Å². The molecule has 1 amide bonds. The van der Waals surface area contributed by atoms with Crippen molar-refractivity contribution in [2.45, 2.75) is 86.3 Å². The number of ether oxygens (including phenoxy) is 3. The first kappa shape index (κ1) is 60.0. The topological polar surface area (TPSA) is 301 Å². The van der Waals surface area contributed by atoms with Crippen LogP contribution in [0.5, 0.6) is 0 Å². The number of aromatic nitrogens is 6. The Hall–Kier alpha value is -9.75. The number of carbonyl (C=O) groups is 5. The van der Waals surface area contributed by atoms with Crippen LogP contribution in [0.4, 0.5) is 17.1 Å². The molecule has 0 unspecified atom stereocenters. The summed E-state index contributed by atoms with van der Waals surface area (Å²) in [6, 6.07) is 28.4. The van der Waals surface area contributed by atoms with E-state index in [1.807, 2.05) is 77.6 Å². The number of hydrogen-bond acceptors (Lipinski definition) is 19. The van der Waals surface area contributed by atoms with Gasteiger partial charge in [0.15, 0.2) is 11.6 Å². The lowest BCUT2D eigenvalue weighted by molar-refractivity contribution is -0.384. The molecule has 14 rings (SSSR count). The summed E-state index contributed by atoms with van der Waals surface area (Å²) in [7, 11) is 0. The summed E-state index contributed by atoms with van der Waals surface area (Å²) in [4.78, 5) is 80.8. The van der Waals surface area contributed by atoms with Crippen LogP contribution in [-0.2, 0) is 43.6 Å². The van der Waals surface area contributed by atoms with Crippen molar-refractivity contribution in [2.75, 3.05) is 11.1 Å². The van der Waals surface area contributed by atoms with Crippen molar-refractivity contribution in [3.8, 4) is 10.0 Å². The van der Waals surface area contributed by atoms with Gasteiger partial charge in [-0.3, -0.25) is 38.8 Å². The predicted octanol–water partition coefficient (Wildman–Crippen LogP) is 12.0. The average Bonchev–Trinajstić information content (AvgIpc) is 1.83. The average molecular weight is 1260 g/mol. The summed E-state index contributed by atoms with van der Waals surface area (Å²) in [5.41, 5.74) is 18.0. The molecule has 88 heavy (non-hydrogen) atoms. The van der Waals surface area contributed by atoms with Crippen molar-refractivity contribution in [3.05, 3.63) is 223 Å². The highest BCUT2D eigenvalue weighted by Gasteiger charge is 2.35. The minimum absolute atomic E-state index is 0.0454. The smallest absolute Gasteiger partial charge is 0.339 e. The number of aryl methyl sites for hydroxylation is 4. The van der Waals surface area contributed by atoms with Crippen LogP contribution in [0.25, 0.3) is 10.0 Å². The molecule has 0 bridgehead atoms. The monoisotopic (exact) mass is 1260 g/mol. The van der Waals surface area contributed by atoms with E-state index in [-0.39, 0.29) is 49.6 Å². The summed E-state index contributed by atoms with van der Waals surface area (Å²) in [6.07, 6.45) is -0.105. The van der Waals surface area contributed by atoms with E-state index < -0.39 is 28.9 Å². The number of non-ortho nitro benzene ring substituents is 1. The number of carboxylic acid groups (broad SMARTS) is 1. The van der Waals surface area contributed by atoms with Gasteiger partial charge in [-0.25, -0.2) is 14.4 Å². The Morgan fingerprint density at radius 3 is 1.52 bits per heavy atom. The number of nitro groups is 1. The third-order valence-corrected chi connectivity index (χ3v) is 17.9. The highest BCUT2D eigenvalue weighted by Crippen LogP contribution is 2.42. The van der Waals surface area contributed by atoms with E-state index in [1.165, 1.54) is 21.9 Å². The SMILES string of the molecule is Cc1sc2c(c1C)C(c1ccc(Cl)cc1)=N[C@@H](CC(=O)Nc1ccc3c(c1)C(=O)OC3)c1nnc(C)n1-2.Cc1sc2c(c1C)C(c1ccc(Cl)cc1)=N[C@@H](CC(=O)O)c1nnc(C)n1-2.Nc1ccc2c(c1)C(=O)OC2.O=C1OCc2ccc([N+](=O)[O-])cc21. The van der Waals surface area contributed by atoms with Gasteiger partial charge in [0.25, 0.3) is 5.69 Å². The zero-order valence-electron chi connectivity index (χ0n) is 47.7. The van der Waals surface area contributed by atoms with Crippen LogP contribution in [0, 0.1) is 51.7 Å². The van der Waals surface area contributed by atoms with Gasteiger partial charge in [0.05, 0.1) is 45.9 Å². The molecule has 4 aromatic heterocycles. The molecule has 9 aromatic rings. The van der Waals surface area contributed by atoms with Crippen LogP contribution < -0.4 is 11.1 Å². The number of nitrogens with zero attached hydrogens (tertiary/aromatic N) is 9. The number of thiophene rings is 2. The van der Waals surface area contributed by atoms with E-state index in [4.69, 9.17) is 53.1 Å². The largest absolute Gasteiger partial charge is 0.481 e. The van der Waals surface area contributed by atoms with Crippen molar-refractivity contribution in [1.29, 1.82) is 0 Å². The van der Waals surface area contributed by atoms with Gasteiger partial charge in [-0.2, -0.15) is 0 Å². The quantitative estimate of drug-likeness (QED) is 0.0419. The van der Waals surface area contributed by atoms with E-state index in [2.05, 4.69) is 53.4 Å². The van der Waals surface area contributed by atoms with Gasteiger partial charge in [-0.05, 0) is 107 Å². The Balaban J connectivity index is 0.000000135. The first-order chi connectivity index (χ1) is 42.1. The third kappa shape index (κ3) is 11.9. The highest BCUT2D eigenvalue weighted by molar-refractivity contribution is 7.15. The van der Waals surface area contributed by atoms with Crippen molar-refractivity contribution < 1.29 is 48.2 Å². The van der Waals surface area contributed by atoms with Crippen LogP contribution in [0.3, 0.4) is 0 Å². The summed E-state index contributed by atoms with van der Waals surface area (Å²) >= 11 is 15.5. The van der Waals surface area contributed by atoms with E-state index in [0.717, 1.165) is 77.6 Å². The van der Waals surface area contributed by atoms with Gasteiger partial charge < -0.3 is 30.4 Å². The maximum Gasteiger partial charge on any atom is 0.339 e. The molecule has 9 heterocycles. The number of hydrogen-bond donors (Lipinski definition) is 3. The molecular formula is C62H51Cl2N11O11S2. The third-order valence-electron chi connectivity index (χ3n) is 15.0. The number of halogens is 2. The Kier molecular flexibility index (Phi) is 16.7. The lowest BCUT2D eigenvalue weighted by Gasteiger charge is -2.13. The molecule has 0 saturated heterocycles. The van der Waals surface area contributed by atoms with Gasteiger partial charge in [0.2, 0.25) is 5.91 Å². The minimum Gasteiger partial charge on any atom is -0.481 e. The van der Waals surface area contributed by atoms with Crippen molar-refractivity contribution >= 4 is 104 Å². The second-order valence-electron chi connectivity index (χ2n) is 20.8. The number of carbonyl (C=O) groups excluding carboxylic acids is 4. The molecule has 0 spiro atoms. The van der Waals surface area contributed by atoms with Crippen LogP contribution >= 0.6 is 45.9 Å². The molecule has 4 N–H and O–H groups in total. The maximum atomic E-state index is 13.2. The maximum absolute atomic E-state index is 13.2. The number of amides is 1. The molecule has 26 heteroatoms. The predicted molar refractivity (Wildman–Crippen MR) is 330 cm³/mol. The van der Waals surface area contributed by atoms with E-state index >= 15 is 0 Å². The number of esters is 3. The number of aliphatic carboxylic acids is 1. The second-order valence-corrected chi connectivity index (χ2v) is 24.1. The van der Waals surface area contributed by atoms with Crippen LogP contribution in [0.2, 0.25) is 10.0 Å². The van der Waals surface area contributed by atoms with E-state index in [9.17, 15) is 39.2 Å². The number of nitrogens with two attached hydrogens (primary N) is 1. The Morgan fingerprint density at radius 2 is 1.06 bits per heavy atom. The molecule has 0 fully saturated rings. The molecule has 0 aliphatic carbocycles.